The topological polar surface area (TPSA) is 34.0 Å². The first-order chi connectivity index (χ1) is 8.69. The van der Waals surface area contributed by atoms with Crippen molar-refractivity contribution in [1.29, 1.82) is 0 Å². The van der Waals surface area contributed by atoms with Gasteiger partial charge in [-0.3, -0.25) is 5.01 Å². The summed E-state index contributed by atoms with van der Waals surface area (Å²) in [6.07, 6.45) is 0. The molecule has 0 aliphatic rings. The Hall–Kier alpha value is -1.84. The van der Waals surface area contributed by atoms with E-state index in [9.17, 15) is 0 Å². The van der Waals surface area contributed by atoms with Gasteiger partial charge in [-0.25, -0.2) is 0 Å². The van der Waals surface area contributed by atoms with Crippen LogP contribution in [0.15, 0.2) is 24.3 Å². The SMILES string of the molecule is CCN(CC)n1nnc(-c2ccccc2C)c1C. The summed E-state index contributed by atoms with van der Waals surface area (Å²) >= 11 is 0. The molecule has 2 rings (SSSR count). The van der Waals surface area contributed by atoms with Gasteiger partial charge in [-0.15, -0.1) is 5.10 Å². The van der Waals surface area contributed by atoms with Gasteiger partial charge in [0, 0.05) is 18.7 Å². The lowest BCUT2D eigenvalue weighted by Crippen LogP contribution is -2.35. The Kier molecular flexibility index (Phi) is 3.65. The van der Waals surface area contributed by atoms with E-state index >= 15 is 0 Å². The van der Waals surface area contributed by atoms with E-state index in [0.717, 1.165) is 30.0 Å². The van der Waals surface area contributed by atoms with Crippen molar-refractivity contribution in [3.05, 3.63) is 35.5 Å². The zero-order valence-corrected chi connectivity index (χ0v) is 11.5. The molecule has 0 spiro atoms. The van der Waals surface area contributed by atoms with Crippen LogP contribution in [-0.4, -0.2) is 28.2 Å². The Morgan fingerprint density at radius 3 is 2.39 bits per heavy atom. The summed E-state index contributed by atoms with van der Waals surface area (Å²) in [5.74, 6) is 0. The first-order valence-corrected chi connectivity index (χ1v) is 6.42. The number of nitrogens with zero attached hydrogens (tertiary/aromatic N) is 4. The Morgan fingerprint density at radius 1 is 1.11 bits per heavy atom. The van der Waals surface area contributed by atoms with E-state index in [-0.39, 0.29) is 0 Å². The maximum atomic E-state index is 4.33. The van der Waals surface area contributed by atoms with E-state index < -0.39 is 0 Å². The van der Waals surface area contributed by atoms with Crippen LogP contribution in [0.2, 0.25) is 0 Å². The molecule has 1 aromatic heterocycles. The van der Waals surface area contributed by atoms with Gasteiger partial charge in [0.2, 0.25) is 0 Å². The van der Waals surface area contributed by atoms with E-state index in [4.69, 9.17) is 0 Å². The van der Waals surface area contributed by atoms with Crippen LogP contribution < -0.4 is 5.01 Å². The number of benzene rings is 1. The van der Waals surface area contributed by atoms with Gasteiger partial charge >= 0.3 is 0 Å². The summed E-state index contributed by atoms with van der Waals surface area (Å²) in [4.78, 5) is 1.90. The van der Waals surface area contributed by atoms with Crippen molar-refractivity contribution in [2.24, 2.45) is 0 Å². The summed E-state index contributed by atoms with van der Waals surface area (Å²) < 4.78 is 0. The van der Waals surface area contributed by atoms with Crippen LogP contribution in [-0.2, 0) is 0 Å². The second-order valence-corrected chi connectivity index (χ2v) is 4.37. The van der Waals surface area contributed by atoms with Gasteiger partial charge in [0.15, 0.2) is 0 Å². The first-order valence-electron chi connectivity index (χ1n) is 6.42. The largest absolute Gasteiger partial charge is 0.296 e. The fraction of sp³-hybridized carbons (Fsp3) is 0.429. The highest BCUT2D eigenvalue weighted by Crippen LogP contribution is 2.23. The Labute approximate surface area is 108 Å². The van der Waals surface area contributed by atoms with Gasteiger partial charge in [0.25, 0.3) is 0 Å². The lowest BCUT2D eigenvalue weighted by Gasteiger charge is -2.21. The van der Waals surface area contributed by atoms with Crippen molar-refractivity contribution < 1.29 is 0 Å². The molecule has 2 aromatic rings. The molecule has 1 heterocycles. The molecule has 0 radical (unpaired) electrons. The molecule has 4 heteroatoms. The van der Waals surface area contributed by atoms with Crippen molar-refractivity contribution in [1.82, 2.24) is 15.1 Å². The highest BCUT2D eigenvalue weighted by Gasteiger charge is 2.14. The van der Waals surface area contributed by atoms with Gasteiger partial charge < -0.3 is 0 Å². The van der Waals surface area contributed by atoms with E-state index in [1.54, 1.807) is 0 Å². The quantitative estimate of drug-likeness (QED) is 0.829. The normalized spacial score (nSPS) is 10.7. The third-order valence-corrected chi connectivity index (χ3v) is 3.27. The summed E-state index contributed by atoms with van der Waals surface area (Å²) in [5, 5.41) is 10.8. The fourth-order valence-electron chi connectivity index (χ4n) is 2.17. The van der Waals surface area contributed by atoms with Crippen LogP contribution in [0.25, 0.3) is 11.3 Å². The van der Waals surface area contributed by atoms with Crippen molar-refractivity contribution in [3.63, 3.8) is 0 Å². The Bertz CT molecular complexity index is 526. The fourth-order valence-corrected chi connectivity index (χ4v) is 2.17. The van der Waals surface area contributed by atoms with Crippen LogP contribution in [0.3, 0.4) is 0 Å². The average Bonchev–Trinajstić information content (AvgIpc) is 2.74. The second-order valence-electron chi connectivity index (χ2n) is 4.37. The van der Waals surface area contributed by atoms with E-state index in [2.05, 4.69) is 55.1 Å². The van der Waals surface area contributed by atoms with Crippen LogP contribution in [0.1, 0.15) is 25.1 Å². The Morgan fingerprint density at radius 2 is 1.78 bits per heavy atom. The number of aryl methyl sites for hydroxylation is 1. The van der Waals surface area contributed by atoms with Gasteiger partial charge in [-0.2, -0.15) is 4.79 Å². The maximum absolute atomic E-state index is 4.33. The lowest BCUT2D eigenvalue weighted by molar-refractivity contribution is 0.527. The zero-order valence-electron chi connectivity index (χ0n) is 11.5. The Balaban J connectivity index is 2.46. The summed E-state index contributed by atoms with van der Waals surface area (Å²) in [6.45, 7) is 10.3. The molecule has 0 aliphatic carbocycles. The molecule has 18 heavy (non-hydrogen) atoms. The molecule has 0 amide bonds. The van der Waals surface area contributed by atoms with E-state index in [1.807, 2.05) is 16.9 Å². The van der Waals surface area contributed by atoms with Gasteiger partial charge in [0.1, 0.15) is 5.69 Å². The highest BCUT2D eigenvalue weighted by molar-refractivity contribution is 5.65. The molecule has 0 bridgehead atoms. The van der Waals surface area contributed by atoms with Crippen LogP contribution in [0.4, 0.5) is 0 Å². The molecule has 0 N–H and O–H groups in total. The smallest absolute Gasteiger partial charge is 0.118 e. The van der Waals surface area contributed by atoms with Crippen molar-refractivity contribution >= 4 is 0 Å². The van der Waals surface area contributed by atoms with Gasteiger partial charge in [-0.05, 0) is 38.5 Å². The molecule has 4 nitrogen and oxygen atoms in total. The molecule has 0 atom stereocenters. The number of aromatic nitrogens is 3. The van der Waals surface area contributed by atoms with Crippen LogP contribution >= 0.6 is 0 Å². The molecule has 1 aromatic carbocycles. The zero-order chi connectivity index (χ0) is 13.1. The van der Waals surface area contributed by atoms with E-state index in [1.165, 1.54) is 5.56 Å². The minimum absolute atomic E-state index is 0.925. The van der Waals surface area contributed by atoms with Gasteiger partial charge in [0.05, 0.1) is 5.69 Å². The molecule has 0 saturated heterocycles. The highest BCUT2D eigenvalue weighted by atomic mass is 15.7. The molecule has 0 unspecified atom stereocenters. The van der Waals surface area contributed by atoms with Crippen molar-refractivity contribution in [3.8, 4) is 11.3 Å². The van der Waals surface area contributed by atoms with Crippen molar-refractivity contribution in [2.45, 2.75) is 27.7 Å². The van der Waals surface area contributed by atoms with Crippen LogP contribution in [0.5, 0.6) is 0 Å². The summed E-state index contributed by atoms with van der Waals surface area (Å²) in [6, 6.07) is 8.28. The molecule has 0 fully saturated rings. The third-order valence-electron chi connectivity index (χ3n) is 3.27. The summed E-state index contributed by atoms with van der Waals surface area (Å²) in [7, 11) is 0. The summed E-state index contributed by atoms with van der Waals surface area (Å²) in [5.41, 5.74) is 4.45. The van der Waals surface area contributed by atoms with E-state index in [0.29, 0.717) is 0 Å². The lowest BCUT2D eigenvalue weighted by atomic mass is 10.1. The molecule has 0 aliphatic heterocycles. The molecular formula is C14H20N4. The first kappa shape index (κ1) is 12.6. The minimum atomic E-state index is 0.925. The second kappa shape index (κ2) is 5.21. The predicted octanol–water partition coefficient (Wildman–Crippen LogP) is 2.54. The van der Waals surface area contributed by atoms with Gasteiger partial charge in [-0.1, -0.05) is 24.3 Å². The standard InChI is InChI=1S/C14H20N4/c1-5-17(6-2)18-12(4)14(15-16-18)13-10-8-7-9-11(13)3/h7-10H,5-6H2,1-4H3. The maximum Gasteiger partial charge on any atom is 0.118 e. The molecule has 0 saturated carbocycles. The predicted molar refractivity (Wildman–Crippen MR) is 74.2 cm³/mol. The molecular weight excluding hydrogens is 224 g/mol. The van der Waals surface area contributed by atoms with Crippen molar-refractivity contribution in [2.75, 3.05) is 18.1 Å². The third kappa shape index (κ3) is 2.10. The molecule has 96 valence electrons. The monoisotopic (exact) mass is 244 g/mol. The number of hydrogen-bond donors (Lipinski definition) is 0. The average molecular weight is 244 g/mol. The minimum Gasteiger partial charge on any atom is -0.296 e. The van der Waals surface area contributed by atoms with Crippen LogP contribution in [0, 0.1) is 13.8 Å². The number of hydrogen-bond acceptors (Lipinski definition) is 3. The number of rotatable bonds is 4.